The maximum absolute atomic E-state index is 12.9. The fourth-order valence-corrected chi connectivity index (χ4v) is 3.74. The van der Waals surface area contributed by atoms with Crippen LogP contribution in [0.4, 0.5) is 19.0 Å². The highest BCUT2D eigenvalue weighted by atomic mass is 35.5. The van der Waals surface area contributed by atoms with Crippen molar-refractivity contribution in [3.63, 3.8) is 0 Å². The Labute approximate surface area is 208 Å². The molecule has 0 aliphatic carbocycles. The van der Waals surface area contributed by atoms with Gasteiger partial charge in [0.15, 0.2) is 0 Å². The van der Waals surface area contributed by atoms with Crippen molar-refractivity contribution in [2.45, 2.75) is 20.2 Å². The van der Waals surface area contributed by atoms with Crippen LogP contribution in [-0.4, -0.2) is 27.0 Å². The van der Waals surface area contributed by atoms with Crippen LogP contribution in [0.1, 0.15) is 21.5 Å². The van der Waals surface area contributed by atoms with E-state index in [9.17, 15) is 18.0 Å². The molecule has 4 rings (SSSR count). The fourth-order valence-electron chi connectivity index (χ4n) is 3.28. The quantitative estimate of drug-likeness (QED) is 0.287. The molecule has 0 aliphatic rings. The lowest BCUT2D eigenvalue weighted by molar-refractivity contribution is -0.274. The van der Waals surface area contributed by atoms with Crippen LogP contribution in [0.15, 0.2) is 60.7 Å². The van der Waals surface area contributed by atoms with Crippen LogP contribution in [0, 0.1) is 13.8 Å². The summed E-state index contributed by atoms with van der Waals surface area (Å²) in [6, 6.07) is 15.3. The molecule has 0 saturated carbocycles. The highest BCUT2D eigenvalue weighted by Crippen LogP contribution is 2.29. The van der Waals surface area contributed by atoms with Crippen molar-refractivity contribution < 1.29 is 22.7 Å². The number of anilines is 1. The molecule has 0 aliphatic heterocycles. The first kappa shape index (κ1) is 24.6. The van der Waals surface area contributed by atoms with E-state index < -0.39 is 12.3 Å². The Kier molecular flexibility index (Phi) is 6.73. The molecule has 0 bridgehead atoms. The number of benzene rings is 2. The standard InChI is InChI=1S/C24H17Cl2F3N4O2/c1-13-3-6-17(9-14(13)2)33-22(31-23(34)16-10-20(25)30-21(26)11-16)12-19(32-33)15-4-7-18(8-5-15)35-24(27,28)29/h3-12H,1-2H3,(H,31,34). The Morgan fingerprint density at radius 2 is 1.60 bits per heavy atom. The molecule has 35 heavy (non-hydrogen) atoms. The summed E-state index contributed by atoms with van der Waals surface area (Å²) in [5.41, 5.74) is 3.90. The predicted molar refractivity (Wildman–Crippen MR) is 127 cm³/mol. The van der Waals surface area contributed by atoms with Gasteiger partial charge in [0.05, 0.1) is 11.4 Å². The maximum Gasteiger partial charge on any atom is 0.573 e. The second-order valence-electron chi connectivity index (χ2n) is 7.62. The Morgan fingerprint density at radius 3 is 2.20 bits per heavy atom. The van der Waals surface area contributed by atoms with Crippen LogP contribution in [0.5, 0.6) is 5.75 Å². The lowest BCUT2D eigenvalue weighted by Gasteiger charge is -2.11. The number of ether oxygens (including phenoxy) is 1. The van der Waals surface area contributed by atoms with Crippen LogP contribution in [0.25, 0.3) is 16.9 Å². The number of nitrogens with zero attached hydrogens (tertiary/aromatic N) is 3. The van der Waals surface area contributed by atoms with E-state index in [1.165, 1.54) is 41.1 Å². The van der Waals surface area contributed by atoms with Gasteiger partial charge in [-0.2, -0.15) is 5.10 Å². The van der Waals surface area contributed by atoms with E-state index in [-0.39, 0.29) is 21.6 Å². The number of nitrogens with one attached hydrogen (secondary N) is 1. The number of amides is 1. The van der Waals surface area contributed by atoms with Crippen LogP contribution in [0.3, 0.4) is 0 Å². The molecule has 1 N–H and O–H groups in total. The van der Waals surface area contributed by atoms with Gasteiger partial charge in [0, 0.05) is 17.2 Å². The van der Waals surface area contributed by atoms with E-state index >= 15 is 0 Å². The molecule has 2 heterocycles. The fraction of sp³-hybridized carbons (Fsp3) is 0.125. The van der Waals surface area contributed by atoms with E-state index in [1.54, 1.807) is 6.07 Å². The zero-order valence-electron chi connectivity index (χ0n) is 18.3. The van der Waals surface area contributed by atoms with Crippen LogP contribution in [0.2, 0.25) is 10.3 Å². The summed E-state index contributed by atoms with van der Waals surface area (Å²) in [5, 5.41) is 7.50. The van der Waals surface area contributed by atoms with E-state index in [0.29, 0.717) is 22.8 Å². The summed E-state index contributed by atoms with van der Waals surface area (Å²) >= 11 is 11.8. The third-order valence-corrected chi connectivity index (χ3v) is 5.48. The number of carbonyl (C=O) groups is 1. The molecular weight excluding hydrogens is 504 g/mol. The summed E-state index contributed by atoms with van der Waals surface area (Å²) < 4.78 is 42.9. The van der Waals surface area contributed by atoms with Gasteiger partial charge >= 0.3 is 6.36 Å². The molecule has 6 nitrogen and oxygen atoms in total. The van der Waals surface area contributed by atoms with E-state index in [1.807, 2.05) is 32.0 Å². The Morgan fingerprint density at radius 1 is 0.943 bits per heavy atom. The molecule has 1 amide bonds. The monoisotopic (exact) mass is 520 g/mol. The van der Waals surface area contributed by atoms with Crippen molar-refractivity contribution in [3.8, 4) is 22.7 Å². The molecule has 0 spiro atoms. The molecular formula is C24H17Cl2F3N4O2. The first-order valence-corrected chi connectivity index (χ1v) is 10.9. The molecule has 0 radical (unpaired) electrons. The van der Waals surface area contributed by atoms with Crippen molar-refractivity contribution in [2.24, 2.45) is 0 Å². The zero-order chi connectivity index (χ0) is 25.3. The van der Waals surface area contributed by atoms with Gasteiger partial charge in [0.2, 0.25) is 0 Å². The van der Waals surface area contributed by atoms with E-state index in [0.717, 1.165) is 11.1 Å². The lowest BCUT2D eigenvalue weighted by atomic mass is 10.1. The summed E-state index contributed by atoms with van der Waals surface area (Å²) in [4.78, 5) is 16.8. The van der Waals surface area contributed by atoms with Gasteiger partial charge in [-0.1, -0.05) is 29.3 Å². The summed E-state index contributed by atoms with van der Waals surface area (Å²) in [6.07, 6.45) is -4.79. The maximum atomic E-state index is 12.9. The number of aromatic nitrogens is 3. The molecule has 11 heteroatoms. The highest BCUT2D eigenvalue weighted by molar-refractivity contribution is 6.33. The first-order valence-electron chi connectivity index (χ1n) is 10.2. The van der Waals surface area contributed by atoms with Gasteiger partial charge in [0.1, 0.15) is 21.9 Å². The Bertz CT molecular complexity index is 1380. The number of alkyl halides is 3. The van der Waals surface area contributed by atoms with E-state index in [2.05, 4.69) is 20.1 Å². The van der Waals surface area contributed by atoms with Gasteiger partial charge in [-0.15, -0.1) is 13.2 Å². The van der Waals surface area contributed by atoms with Gasteiger partial charge < -0.3 is 10.1 Å². The van der Waals surface area contributed by atoms with Crippen LogP contribution >= 0.6 is 23.2 Å². The smallest absolute Gasteiger partial charge is 0.406 e. The minimum atomic E-state index is -4.79. The Hall–Kier alpha value is -3.56. The van der Waals surface area contributed by atoms with Crippen molar-refractivity contribution in [3.05, 3.63) is 87.7 Å². The normalized spacial score (nSPS) is 11.4. The number of halogens is 5. The zero-order valence-corrected chi connectivity index (χ0v) is 19.8. The van der Waals surface area contributed by atoms with Crippen molar-refractivity contribution >= 4 is 34.9 Å². The molecule has 0 saturated heterocycles. The van der Waals surface area contributed by atoms with Crippen LogP contribution < -0.4 is 10.1 Å². The third kappa shape index (κ3) is 5.93. The topological polar surface area (TPSA) is 69.0 Å². The number of hydrogen-bond acceptors (Lipinski definition) is 4. The van der Waals surface area contributed by atoms with Crippen molar-refractivity contribution in [2.75, 3.05) is 5.32 Å². The highest BCUT2D eigenvalue weighted by Gasteiger charge is 2.31. The second-order valence-corrected chi connectivity index (χ2v) is 8.40. The average molecular weight is 521 g/mol. The molecule has 4 aromatic rings. The van der Waals surface area contributed by atoms with Gasteiger partial charge in [-0.05, 0) is 73.5 Å². The van der Waals surface area contributed by atoms with Crippen LogP contribution in [-0.2, 0) is 0 Å². The number of carbonyl (C=O) groups excluding carboxylic acids is 1. The number of rotatable bonds is 5. The van der Waals surface area contributed by atoms with E-state index in [4.69, 9.17) is 23.2 Å². The third-order valence-electron chi connectivity index (χ3n) is 5.09. The summed E-state index contributed by atoms with van der Waals surface area (Å²) in [6.45, 7) is 3.92. The lowest BCUT2D eigenvalue weighted by Crippen LogP contribution is -2.16. The van der Waals surface area contributed by atoms with Crippen molar-refractivity contribution in [1.82, 2.24) is 14.8 Å². The summed E-state index contributed by atoms with van der Waals surface area (Å²) in [5.74, 6) is -0.524. The number of hydrogen-bond donors (Lipinski definition) is 1. The second kappa shape index (κ2) is 9.59. The average Bonchev–Trinajstić information content (AvgIpc) is 3.18. The van der Waals surface area contributed by atoms with Gasteiger partial charge in [-0.25, -0.2) is 9.67 Å². The predicted octanol–water partition coefficient (Wildman–Crippen LogP) is 7.01. The number of pyridine rings is 1. The SMILES string of the molecule is Cc1ccc(-n2nc(-c3ccc(OC(F)(F)F)cc3)cc2NC(=O)c2cc(Cl)nc(Cl)c2)cc1C. The molecule has 0 unspecified atom stereocenters. The van der Waals surface area contributed by atoms with Gasteiger partial charge in [-0.3, -0.25) is 4.79 Å². The summed E-state index contributed by atoms with van der Waals surface area (Å²) in [7, 11) is 0. The minimum absolute atomic E-state index is 0.0622. The molecule has 2 aromatic heterocycles. The Balaban J connectivity index is 1.73. The molecule has 0 atom stereocenters. The largest absolute Gasteiger partial charge is 0.573 e. The van der Waals surface area contributed by atoms with Gasteiger partial charge in [0.25, 0.3) is 5.91 Å². The molecule has 2 aromatic carbocycles. The van der Waals surface area contributed by atoms with Crippen molar-refractivity contribution in [1.29, 1.82) is 0 Å². The molecule has 0 fully saturated rings. The minimum Gasteiger partial charge on any atom is -0.406 e. The first-order chi connectivity index (χ1) is 16.5. The number of aryl methyl sites for hydroxylation is 2. The molecule has 180 valence electrons.